The molecular weight excluding hydrogens is 600 g/mol. The minimum Gasteiger partial charge on any atom is -0.494 e. The van der Waals surface area contributed by atoms with E-state index >= 15 is 0 Å². The highest BCUT2D eigenvalue weighted by Gasteiger charge is 2.42. The van der Waals surface area contributed by atoms with Gasteiger partial charge in [-0.25, -0.2) is 9.97 Å². The maximum absolute atomic E-state index is 13.9. The number of likely N-dealkylation sites (N-methyl/N-ethyl adjacent to an activating group) is 1. The molecule has 3 atom stereocenters. The number of carbonyl (C=O) groups is 3. The smallest absolute Gasteiger partial charge is 0.247 e. The summed E-state index contributed by atoms with van der Waals surface area (Å²) in [6, 6.07) is 9.61. The molecule has 1 aromatic heterocycles. The Morgan fingerprint density at radius 3 is 2.49 bits per heavy atom. The van der Waals surface area contributed by atoms with Gasteiger partial charge in [-0.2, -0.15) is 0 Å². The van der Waals surface area contributed by atoms with E-state index in [4.69, 9.17) is 9.47 Å². The summed E-state index contributed by atoms with van der Waals surface area (Å²) in [5, 5.41) is 13.0. The predicted octanol–water partition coefficient (Wildman–Crippen LogP) is 3.29. The van der Waals surface area contributed by atoms with Gasteiger partial charge in [-0.05, 0) is 50.4 Å². The minimum absolute atomic E-state index is 0.277. The zero-order chi connectivity index (χ0) is 33.7. The van der Waals surface area contributed by atoms with E-state index in [0.717, 1.165) is 24.5 Å². The largest absolute Gasteiger partial charge is 0.494 e. The first-order chi connectivity index (χ1) is 22.5. The van der Waals surface area contributed by atoms with Crippen LogP contribution in [0.2, 0.25) is 0 Å². The van der Waals surface area contributed by atoms with Crippen LogP contribution >= 0.6 is 0 Å². The number of methoxy groups -OCH3 is 1. The molecule has 2 fully saturated rings. The molecule has 0 saturated carbocycles. The molecule has 5 rings (SSSR count). The minimum atomic E-state index is -0.805. The number of hydrogen-bond acceptors (Lipinski definition) is 10. The van der Waals surface area contributed by atoms with Crippen molar-refractivity contribution in [1.29, 1.82) is 0 Å². The normalized spacial score (nSPS) is 18.0. The summed E-state index contributed by atoms with van der Waals surface area (Å²) in [5.41, 5.74) is 2.43. The van der Waals surface area contributed by atoms with Crippen LogP contribution in [0, 0.1) is 5.41 Å². The number of anilines is 4. The molecule has 2 saturated heterocycles. The summed E-state index contributed by atoms with van der Waals surface area (Å²) in [4.78, 5) is 53.4. The van der Waals surface area contributed by atoms with Crippen LogP contribution in [0.1, 0.15) is 40.5 Å². The molecule has 3 heterocycles. The molecule has 3 amide bonds. The molecule has 0 unspecified atom stereocenters. The molecule has 2 aliphatic rings. The number of amides is 3. The molecule has 3 aromatic rings. The van der Waals surface area contributed by atoms with Gasteiger partial charge in [-0.3, -0.25) is 14.4 Å². The highest BCUT2D eigenvalue weighted by molar-refractivity contribution is 6.03. The third-order valence-corrected chi connectivity index (χ3v) is 8.79. The molecule has 13 nitrogen and oxygen atoms in total. The summed E-state index contributed by atoms with van der Waals surface area (Å²) in [6.07, 6.45) is 2.66. The number of aromatic nitrogens is 2. The maximum Gasteiger partial charge on any atom is 0.247 e. The highest BCUT2D eigenvalue weighted by Crippen LogP contribution is 2.36. The van der Waals surface area contributed by atoms with Gasteiger partial charge in [-0.1, -0.05) is 32.9 Å². The van der Waals surface area contributed by atoms with Gasteiger partial charge in [0.05, 0.1) is 48.9 Å². The first-order valence-electron chi connectivity index (χ1n) is 16.1. The molecule has 0 spiro atoms. The average molecular weight is 647 g/mol. The van der Waals surface area contributed by atoms with Crippen LogP contribution in [0.15, 0.2) is 42.7 Å². The summed E-state index contributed by atoms with van der Waals surface area (Å²) in [7, 11) is 3.22. The second-order valence-corrected chi connectivity index (χ2v) is 13.0. The quantitative estimate of drug-likeness (QED) is 0.259. The van der Waals surface area contributed by atoms with Crippen LogP contribution in [-0.2, 0) is 19.1 Å². The Balaban J connectivity index is 1.40. The number of hydrogen-bond donors (Lipinski definition) is 4. The molecule has 2 aliphatic heterocycles. The molecule has 0 radical (unpaired) electrons. The Labute approximate surface area is 275 Å². The molecule has 47 heavy (non-hydrogen) atoms. The maximum atomic E-state index is 13.9. The topological polar surface area (TPSA) is 150 Å². The average Bonchev–Trinajstić information content (AvgIpc) is 3.57. The lowest BCUT2D eigenvalue weighted by atomic mass is 9.85. The van der Waals surface area contributed by atoms with E-state index in [0.29, 0.717) is 60.8 Å². The van der Waals surface area contributed by atoms with E-state index < -0.39 is 23.5 Å². The van der Waals surface area contributed by atoms with Gasteiger partial charge in [0, 0.05) is 31.1 Å². The summed E-state index contributed by atoms with van der Waals surface area (Å²) >= 11 is 0. The number of rotatable bonds is 10. The van der Waals surface area contributed by atoms with Crippen molar-refractivity contribution >= 4 is 51.5 Å². The van der Waals surface area contributed by atoms with E-state index in [1.165, 1.54) is 13.4 Å². The van der Waals surface area contributed by atoms with E-state index in [1.54, 1.807) is 31.0 Å². The fourth-order valence-electron chi connectivity index (χ4n) is 5.97. The van der Waals surface area contributed by atoms with E-state index in [1.807, 2.05) is 39.0 Å². The number of carbonyl (C=O) groups excluding carboxylic acids is 3. The molecule has 2 aromatic carbocycles. The molecule has 0 bridgehead atoms. The van der Waals surface area contributed by atoms with Gasteiger partial charge < -0.3 is 40.5 Å². The lowest BCUT2D eigenvalue weighted by Gasteiger charge is -2.36. The first-order valence-corrected chi connectivity index (χ1v) is 16.1. The fraction of sp³-hybridized carbons (Fsp3) is 0.500. The van der Waals surface area contributed by atoms with Crippen molar-refractivity contribution in [2.24, 2.45) is 5.41 Å². The number of morpholine rings is 1. The zero-order valence-corrected chi connectivity index (χ0v) is 28.1. The van der Waals surface area contributed by atoms with Gasteiger partial charge in [0.25, 0.3) is 0 Å². The molecular formula is C34H46N8O5. The van der Waals surface area contributed by atoms with Gasteiger partial charge in [0.1, 0.15) is 30.0 Å². The first kappa shape index (κ1) is 33.9. The van der Waals surface area contributed by atoms with Crippen LogP contribution in [0.5, 0.6) is 5.75 Å². The fourth-order valence-corrected chi connectivity index (χ4v) is 5.97. The Hall–Kier alpha value is -4.49. The summed E-state index contributed by atoms with van der Waals surface area (Å²) < 4.78 is 11.2. The van der Waals surface area contributed by atoms with Crippen LogP contribution in [0.25, 0.3) is 10.9 Å². The SMILES string of the molecule is CN[C@@H](C)C(=O)N[C@H](C(=O)N1CCC[C@H]1C(=O)Nc1cc2c(Nc3ccccc3N3CCOCC3)ncnc2cc1OC)C(C)(C)C. The third-order valence-electron chi connectivity index (χ3n) is 8.79. The second-order valence-electron chi connectivity index (χ2n) is 13.0. The predicted molar refractivity (Wildman–Crippen MR) is 182 cm³/mol. The second kappa shape index (κ2) is 14.5. The van der Waals surface area contributed by atoms with Crippen molar-refractivity contribution in [3.05, 3.63) is 42.7 Å². The Morgan fingerprint density at radius 2 is 1.79 bits per heavy atom. The number of fused-ring (bicyclic) bond motifs is 1. The van der Waals surface area contributed by atoms with Crippen LogP contribution in [0.3, 0.4) is 0 Å². The summed E-state index contributed by atoms with van der Waals surface area (Å²) in [5.74, 6) is 0.115. The van der Waals surface area contributed by atoms with E-state index in [-0.39, 0.29) is 17.7 Å². The Bertz CT molecular complexity index is 1600. The van der Waals surface area contributed by atoms with Crippen molar-refractivity contribution in [1.82, 2.24) is 25.5 Å². The van der Waals surface area contributed by atoms with Crippen LogP contribution in [-0.4, -0.2) is 97.7 Å². The zero-order valence-electron chi connectivity index (χ0n) is 28.1. The highest BCUT2D eigenvalue weighted by atomic mass is 16.5. The van der Waals surface area contributed by atoms with Crippen molar-refractivity contribution in [3.8, 4) is 5.75 Å². The van der Waals surface area contributed by atoms with Crippen LogP contribution in [0.4, 0.5) is 22.9 Å². The number of likely N-dealkylation sites (tertiary alicyclic amines) is 1. The standard InChI is InChI=1S/C34H46N8O5/c1-21(35-5)31(43)40-29(34(2,3)4)33(45)42-13-9-12-27(42)32(44)39-25-18-22-24(19-28(25)46-6)36-20-37-30(22)38-23-10-7-8-11-26(23)41-14-16-47-17-15-41/h7-8,10-11,18-21,27,29,35H,9,12-17H2,1-6H3,(H,39,44)(H,40,43)(H,36,37,38)/t21-,27-,29+/m0/s1. The number of nitrogens with zero attached hydrogens (tertiary/aromatic N) is 4. The van der Waals surface area contributed by atoms with Gasteiger partial charge >= 0.3 is 0 Å². The molecule has 4 N–H and O–H groups in total. The molecule has 13 heteroatoms. The number of nitrogens with one attached hydrogen (secondary N) is 4. The lowest BCUT2D eigenvalue weighted by molar-refractivity contribution is -0.143. The monoisotopic (exact) mass is 646 g/mol. The molecule has 252 valence electrons. The van der Waals surface area contributed by atoms with Gasteiger partial charge in [0.2, 0.25) is 17.7 Å². The van der Waals surface area contributed by atoms with E-state index in [2.05, 4.69) is 42.2 Å². The van der Waals surface area contributed by atoms with Crippen LogP contribution < -0.4 is 30.9 Å². The Kier molecular flexibility index (Phi) is 10.5. The molecule has 0 aliphatic carbocycles. The Morgan fingerprint density at radius 1 is 1.04 bits per heavy atom. The van der Waals surface area contributed by atoms with Gasteiger partial charge in [-0.15, -0.1) is 0 Å². The van der Waals surface area contributed by atoms with Crippen molar-refractivity contribution in [2.75, 3.05) is 62.5 Å². The number of para-hydroxylation sites is 2. The van der Waals surface area contributed by atoms with Crippen molar-refractivity contribution in [2.45, 2.75) is 58.7 Å². The summed E-state index contributed by atoms with van der Waals surface area (Å²) in [6.45, 7) is 10.8. The van der Waals surface area contributed by atoms with E-state index in [9.17, 15) is 14.4 Å². The lowest BCUT2D eigenvalue weighted by Crippen LogP contribution is -2.59. The van der Waals surface area contributed by atoms with Crippen molar-refractivity contribution < 1.29 is 23.9 Å². The van der Waals surface area contributed by atoms with Gasteiger partial charge in [0.15, 0.2) is 0 Å². The number of ether oxygens (including phenoxy) is 2. The number of benzene rings is 2. The third kappa shape index (κ3) is 7.57. The van der Waals surface area contributed by atoms with Crippen molar-refractivity contribution in [3.63, 3.8) is 0 Å².